The quantitative estimate of drug-likeness (QED) is 0.216. The molecule has 1 rings (SSSR count). The average Bonchev–Trinajstić information content (AvgIpc) is 2.87. The molecule has 4 N–H and O–H groups in total. The van der Waals surface area contributed by atoms with Crippen molar-refractivity contribution in [1.82, 2.24) is 10.2 Å². The molecule has 2 atom stereocenters. The molecule has 1 heterocycles. The fraction of sp³-hybridized carbons (Fsp3) is 0.750. The molecule has 0 aromatic heterocycles. The lowest BCUT2D eigenvalue weighted by molar-refractivity contribution is -0.148. The molecule has 7 nitrogen and oxygen atoms in total. The minimum absolute atomic E-state index is 0.210. The van der Waals surface area contributed by atoms with Crippen LogP contribution < -0.4 is 11.1 Å². The number of rotatable bonds is 7. The summed E-state index contributed by atoms with van der Waals surface area (Å²) in [5.41, 5.74) is 5.42. The number of amidine groups is 1. The van der Waals surface area contributed by atoms with Crippen molar-refractivity contribution in [3.63, 3.8) is 0 Å². The van der Waals surface area contributed by atoms with Gasteiger partial charge in [-0.15, -0.1) is 0 Å². The van der Waals surface area contributed by atoms with E-state index in [0.29, 0.717) is 37.6 Å². The van der Waals surface area contributed by atoms with Gasteiger partial charge in [-0.1, -0.05) is 0 Å². The van der Waals surface area contributed by atoms with Crippen molar-refractivity contribution in [3.05, 3.63) is 0 Å². The Hall–Kier alpha value is -1.28. The van der Waals surface area contributed by atoms with Crippen LogP contribution in [0.15, 0.2) is 4.99 Å². The molecule has 0 aliphatic carbocycles. The molecule has 8 heteroatoms. The Bertz CT molecular complexity index is 385. The molecule has 0 bridgehead atoms. The van der Waals surface area contributed by atoms with Crippen LogP contribution in [0.25, 0.3) is 0 Å². The number of amides is 1. The Labute approximate surface area is 124 Å². The van der Waals surface area contributed by atoms with E-state index in [2.05, 4.69) is 22.9 Å². The summed E-state index contributed by atoms with van der Waals surface area (Å²) in [7, 11) is 0. The summed E-state index contributed by atoms with van der Waals surface area (Å²) >= 11 is 4.15. The number of nitrogens with zero attached hydrogens (tertiary/aromatic N) is 2. The van der Waals surface area contributed by atoms with E-state index in [1.165, 1.54) is 4.90 Å². The van der Waals surface area contributed by atoms with E-state index < -0.39 is 18.1 Å². The van der Waals surface area contributed by atoms with Crippen LogP contribution in [-0.4, -0.2) is 65.2 Å². The summed E-state index contributed by atoms with van der Waals surface area (Å²) < 4.78 is 0. The van der Waals surface area contributed by atoms with Gasteiger partial charge >= 0.3 is 5.97 Å². The van der Waals surface area contributed by atoms with Gasteiger partial charge < -0.3 is 21.1 Å². The number of carbonyl (C=O) groups excluding carboxylic acids is 1. The molecule has 114 valence electrons. The topological polar surface area (TPSA) is 108 Å². The lowest BCUT2D eigenvalue weighted by atomic mass is 10.2. The van der Waals surface area contributed by atoms with E-state index in [0.717, 1.165) is 6.42 Å². The Balaban J connectivity index is 2.53. The predicted octanol–water partition coefficient (Wildman–Crippen LogP) is -0.673. The van der Waals surface area contributed by atoms with Crippen molar-refractivity contribution in [3.8, 4) is 0 Å². The highest BCUT2D eigenvalue weighted by Crippen LogP contribution is 2.18. The van der Waals surface area contributed by atoms with Gasteiger partial charge in [0.15, 0.2) is 0 Å². The maximum absolute atomic E-state index is 12.3. The highest BCUT2D eigenvalue weighted by molar-refractivity contribution is 7.80. The minimum Gasteiger partial charge on any atom is -0.480 e. The Morgan fingerprint density at radius 2 is 2.30 bits per heavy atom. The molecule has 0 aromatic carbocycles. The van der Waals surface area contributed by atoms with Crippen LogP contribution in [-0.2, 0) is 9.59 Å². The van der Waals surface area contributed by atoms with Gasteiger partial charge in [-0.3, -0.25) is 9.79 Å². The third kappa shape index (κ3) is 4.68. The highest BCUT2D eigenvalue weighted by Gasteiger charge is 2.36. The molecule has 0 radical (unpaired) electrons. The average molecular weight is 302 g/mol. The zero-order chi connectivity index (χ0) is 15.1. The number of carboxylic acids is 1. The van der Waals surface area contributed by atoms with Crippen LogP contribution in [0.1, 0.15) is 19.8 Å². The van der Waals surface area contributed by atoms with Crippen molar-refractivity contribution in [2.75, 3.05) is 25.4 Å². The summed E-state index contributed by atoms with van der Waals surface area (Å²) in [6.07, 6.45) is 1.23. The van der Waals surface area contributed by atoms with Crippen molar-refractivity contribution < 1.29 is 14.7 Å². The Morgan fingerprint density at radius 3 is 2.85 bits per heavy atom. The van der Waals surface area contributed by atoms with E-state index in [-0.39, 0.29) is 5.91 Å². The molecule has 1 fully saturated rings. The van der Waals surface area contributed by atoms with E-state index in [9.17, 15) is 9.59 Å². The van der Waals surface area contributed by atoms with E-state index in [1.807, 2.05) is 0 Å². The first-order valence-corrected chi connectivity index (χ1v) is 7.24. The number of nitrogens with two attached hydrogens (primary N) is 1. The van der Waals surface area contributed by atoms with Crippen molar-refractivity contribution in [2.45, 2.75) is 31.8 Å². The van der Waals surface area contributed by atoms with E-state index in [4.69, 9.17) is 10.8 Å². The summed E-state index contributed by atoms with van der Waals surface area (Å²) in [5.74, 6) is -0.353. The zero-order valence-corrected chi connectivity index (χ0v) is 12.5. The summed E-state index contributed by atoms with van der Waals surface area (Å²) in [4.78, 5) is 28.9. The number of aliphatic carboxylic acids is 1. The predicted molar refractivity (Wildman–Crippen MR) is 80.2 cm³/mol. The zero-order valence-electron chi connectivity index (χ0n) is 11.6. The first-order chi connectivity index (χ1) is 9.47. The number of aliphatic imine (C=N–C) groups is 1. The number of thiol groups is 1. The smallest absolute Gasteiger partial charge is 0.326 e. The van der Waals surface area contributed by atoms with Crippen molar-refractivity contribution in [2.24, 2.45) is 10.7 Å². The molecule has 1 aliphatic rings. The second kappa shape index (κ2) is 8.11. The second-order valence-corrected chi connectivity index (χ2v) is 5.11. The first kappa shape index (κ1) is 16.8. The van der Waals surface area contributed by atoms with Gasteiger partial charge in [0, 0.05) is 18.8 Å². The summed E-state index contributed by atoms with van der Waals surface area (Å²) in [5, 5.41) is 12.1. The first-order valence-electron chi connectivity index (χ1n) is 6.61. The molecule has 1 aliphatic heterocycles. The number of carboxylic acid groups (broad SMARTS) is 1. The fourth-order valence-electron chi connectivity index (χ4n) is 2.19. The number of hydrogen-bond donors (Lipinski definition) is 4. The largest absolute Gasteiger partial charge is 0.480 e. The summed E-state index contributed by atoms with van der Waals surface area (Å²) in [6, 6.07) is -1.21. The standard InChI is InChI=1S/C12H22N4O3S/c1-8(13)14-4-5-15-9(7-20)11(17)16-6-2-3-10(16)12(18)19/h9-10,15,20H,2-7H2,1H3,(H2,13,14)(H,18,19)/t9-,10-/m0/s1. The van der Waals surface area contributed by atoms with Crippen LogP contribution in [0, 0.1) is 0 Å². The lowest BCUT2D eigenvalue weighted by Gasteiger charge is -2.26. The van der Waals surface area contributed by atoms with Crippen molar-refractivity contribution >= 4 is 30.3 Å². The van der Waals surface area contributed by atoms with Gasteiger partial charge in [0.2, 0.25) is 5.91 Å². The van der Waals surface area contributed by atoms with Crippen LogP contribution in [0.3, 0.4) is 0 Å². The number of nitrogens with one attached hydrogen (secondary N) is 1. The lowest BCUT2D eigenvalue weighted by Crippen LogP contribution is -2.51. The molecule has 20 heavy (non-hydrogen) atoms. The minimum atomic E-state index is -0.947. The molecule has 0 saturated carbocycles. The molecule has 1 amide bonds. The van der Waals surface area contributed by atoms with Gasteiger partial charge in [0.25, 0.3) is 0 Å². The van der Waals surface area contributed by atoms with Gasteiger partial charge in [-0.25, -0.2) is 4.79 Å². The third-order valence-corrected chi connectivity index (χ3v) is 3.53. The van der Waals surface area contributed by atoms with Gasteiger partial charge in [-0.05, 0) is 19.8 Å². The van der Waals surface area contributed by atoms with Crippen LogP contribution in [0.4, 0.5) is 0 Å². The normalized spacial score (nSPS) is 21.0. The van der Waals surface area contributed by atoms with E-state index in [1.54, 1.807) is 6.92 Å². The number of hydrogen-bond acceptors (Lipinski definition) is 5. The van der Waals surface area contributed by atoms with Crippen LogP contribution >= 0.6 is 12.6 Å². The van der Waals surface area contributed by atoms with Crippen LogP contribution in [0.2, 0.25) is 0 Å². The molecule has 0 unspecified atom stereocenters. The second-order valence-electron chi connectivity index (χ2n) is 4.74. The van der Waals surface area contributed by atoms with Gasteiger partial charge in [0.05, 0.1) is 18.4 Å². The highest BCUT2D eigenvalue weighted by atomic mass is 32.1. The molecule has 0 spiro atoms. The maximum atomic E-state index is 12.3. The summed E-state index contributed by atoms with van der Waals surface area (Å²) in [6.45, 7) is 3.16. The van der Waals surface area contributed by atoms with Crippen LogP contribution in [0.5, 0.6) is 0 Å². The molecule has 1 saturated heterocycles. The Kier molecular flexibility index (Phi) is 6.80. The van der Waals surface area contributed by atoms with Crippen molar-refractivity contribution in [1.29, 1.82) is 0 Å². The molecule has 0 aromatic rings. The SMILES string of the molecule is CC(N)=NCCN[C@@H](CS)C(=O)N1CCC[C@H]1C(=O)O. The number of carbonyl (C=O) groups is 2. The molecular weight excluding hydrogens is 280 g/mol. The molecular formula is C12H22N4O3S. The van der Waals surface area contributed by atoms with E-state index >= 15 is 0 Å². The maximum Gasteiger partial charge on any atom is 0.326 e. The Morgan fingerprint density at radius 1 is 1.60 bits per heavy atom. The monoisotopic (exact) mass is 302 g/mol. The third-order valence-electron chi connectivity index (χ3n) is 3.17. The number of likely N-dealkylation sites (tertiary alicyclic amines) is 1. The fourth-order valence-corrected chi connectivity index (χ4v) is 2.47. The van der Waals surface area contributed by atoms with Gasteiger partial charge in [-0.2, -0.15) is 12.6 Å². The van der Waals surface area contributed by atoms with Gasteiger partial charge in [0.1, 0.15) is 6.04 Å².